The van der Waals surface area contributed by atoms with Crippen molar-refractivity contribution in [1.29, 1.82) is 0 Å². The number of carbonyl (C=O) groups excluding carboxylic acids is 2. The van der Waals surface area contributed by atoms with E-state index in [4.69, 9.17) is 4.74 Å². The van der Waals surface area contributed by atoms with E-state index < -0.39 is 5.97 Å². The molecule has 0 aliphatic heterocycles. The van der Waals surface area contributed by atoms with Crippen LogP contribution in [0.25, 0.3) is 0 Å². The molecule has 22 heavy (non-hydrogen) atoms. The zero-order valence-corrected chi connectivity index (χ0v) is 14.5. The van der Waals surface area contributed by atoms with E-state index in [0.29, 0.717) is 23.4 Å². The minimum Gasteiger partial charge on any atom is -0.421 e. The molecule has 0 aliphatic rings. The van der Waals surface area contributed by atoms with Gasteiger partial charge >= 0.3 is 5.97 Å². The van der Waals surface area contributed by atoms with Crippen LogP contribution in [0.2, 0.25) is 0 Å². The summed E-state index contributed by atoms with van der Waals surface area (Å²) in [5.41, 5.74) is 2.07. The molecule has 1 amide bonds. The predicted octanol–water partition coefficient (Wildman–Crippen LogP) is 4.17. The Kier molecular flexibility index (Phi) is 5.54. The molecule has 0 fully saturated rings. The Bertz CT molecular complexity index is 713. The molecule has 0 unspecified atom stereocenters. The summed E-state index contributed by atoms with van der Waals surface area (Å²) < 4.78 is 6.41. The van der Waals surface area contributed by atoms with E-state index in [1.54, 1.807) is 43.3 Å². The smallest absolute Gasteiger partial charge is 0.343 e. The van der Waals surface area contributed by atoms with E-state index in [9.17, 15) is 9.59 Å². The molecule has 0 spiro atoms. The van der Waals surface area contributed by atoms with Gasteiger partial charge in [0, 0.05) is 9.99 Å². The third-order valence-electron chi connectivity index (χ3n) is 3.09. The van der Waals surface area contributed by atoms with Crippen LogP contribution in [-0.2, 0) is 4.79 Å². The van der Waals surface area contributed by atoms with Gasteiger partial charge in [0.1, 0.15) is 0 Å². The first kappa shape index (κ1) is 16.5. The van der Waals surface area contributed by atoms with Crippen LogP contribution in [0.4, 0.5) is 5.69 Å². The summed E-state index contributed by atoms with van der Waals surface area (Å²) in [6.45, 7) is 3.74. The third-order valence-corrected chi connectivity index (χ3v) is 4.25. The first-order valence-corrected chi connectivity index (χ1v) is 7.96. The number of halogens is 1. The molecule has 0 saturated heterocycles. The lowest BCUT2D eigenvalue weighted by molar-refractivity contribution is -0.115. The lowest BCUT2D eigenvalue weighted by atomic mass is 10.1. The number of amides is 1. The predicted molar refractivity (Wildman–Crippen MR) is 94.2 cm³/mol. The average Bonchev–Trinajstić information content (AvgIpc) is 2.51. The molecule has 114 valence electrons. The van der Waals surface area contributed by atoms with Crippen molar-refractivity contribution in [3.05, 3.63) is 57.2 Å². The number of ether oxygens (including phenoxy) is 1. The average molecular weight is 409 g/mol. The quantitative estimate of drug-likeness (QED) is 0.469. The van der Waals surface area contributed by atoms with Gasteiger partial charge in [-0.15, -0.1) is 0 Å². The van der Waals surface area contributed by atoms with Gasteiger partial charge in [0.05, 0.1) is 11.3 Å². The highest BCUT2D eigenvalue weighted by atomic mass is 127. The van der Waals surface area contributed by atoms with Gasteiger partial charge in [-0.2, -0.15) is 0 Å². The molecule has 1 N–H and O–H groups in total. The van der Waals surface area contributed by atoms with Crippen molar-refractivity contribution < 1.29 is 14.3 Å². The van der Waals surface area contributed by atoms with E-state index >= 15 is 0 Å². The van der Waals surface area contributed by atoms with Crippen molar-refractivity contribution in [1.82, 2.24) is 0 Å². The fourth-order valence-electron chi connectivity index (χ4n) is 1.78. The summed E-state index contributed by atoms with van der Waals surface area (Å²) in [7, 11) is 0. The first-order chi connectivity index (χ1) is 10.5. The number of aryl methyl sites for hydroxylation is 1. The summed E-state index contributed by atoms with van der Waals surface area (Å²) in [5.74, 6) is -0.241. The number of carbonyl (C=O) groups is 2. The maximum atomic E-state index is 12.2. The Balaban J connectivity index is 2.21. The highest BCUT2D eigenvalue weighted by Crippen LogP contribution is 2.25. The summed E-state index contributed by atoms with van der Waals surface area (Å²) in [4.78, 5) is 23.8. The second-order valence-corrected chi connectivity index (χ2v) is 5.91. The number of anilines is 1. The number of esters is 1. The van der Waals surface area contributed by atoms with Crippen molar-refractivity contribution in [2.45, 2.75) is 20.3 Å². The molecular weight excluding hydrogens is 393 g/mol. The Morgan fingerprint density at radius 3 is 2.59 bits per heavy atom. The zero-order chi connectivity index (χ0) is 16.1. The lowest BCUT2D eigenvalue weighted by Crippen LogP contribution is -2.14. The van der Waals surface area contributed by atoms with Crippen LogP contribution >= 0.6 is 22.6 Å². The number of hydrogen-bond acceptors (Lipinski definition) is 3. The molecule has 4 nitrogen and oxygen atoms in total. The zero-order valence-electron chi connectivity index (χ0n) is 12.4. The van der Waals surface area contributed by atoms with Gasteiger partial charge in [0.25, 0.3) is 0 Å². The second-order valence-electron chi connectivity index (χ2n) is 4.75. The lowest BCUT2D eigenvalue weighted by Gasteiger charge is -2.11. The molecule has 2 aromatic rings. The highest BCUT2D eigenvalue weighted by Gasteiger charge is 2.13. The molecule has 0 aliphatic carbocycles. The minimum atomic E-state index is -0.448. The molecule has 2 rings (SSSR count). The maximum Gasteiger partial charge on any atom is 0.343 e. The van der Waals surface area contributed by atoms with Crippen LogP contribution in [0.3, 0.4) is 0 Å². The molecule has 0 aromatic heterocycles. The van der Waals surface area contributed by atoms with Crippen molar-refractivity contribution in [2.24, 2.45) is 0 Å². The Labute approximate surface area is 143 Å². The topological polar surface area (TPSA) is 55.4 Å². The third kappa shape index (κ3) is 4.07. The fraction of sp³-hybridized carbons (Fsp3) is 0.176. The molecular formula is C17H16INO3. The Morgan fingerprint density at radius 1 is 1.18 bits per heavy atom. The Morgan fingerprint density at radius 2 is 1.91 bits per heavy atom. The summed E-state index contributed by atoms with van der Waals surface area (Å²) in [6, 6.07) is 12.3. The van der Waals surface area contributed by atoms with Crippen LogP contribution in [0.1, 0.15) is 29.3 Å². The van der Waals surface area contributed by atoms with Crippen molar-refractivity contribution >= 4 is 40.2 Å². The summed E-state index contributed by atoms with van der Waals surface area (Å²) in [6.07, 6.45) is 0.360. The van der Waals surface area contributed by atoms with Gasteiger partial charge in [-0.3, -0.25) is 4.79 Å². The van der Waals surface area contributed by atoms with Crippen molar-refractivity contribution in [3.63, 3.8) is 0 Å². The monoisotopic (exact) mass is 409 g/mol. The number of nitrogens with one attached hydrogen (secondary N) is 1. The van der Waals surface area contributed by atoms with Crippen LogP contribution in [0.15, 0.2) is 42.5 Å². The van der Waals surface area contributed by atoms with Crippen LogP contribution < -0.4 is 10.1 Å². The van der Waals surface area contributed by atoms with Crippen molar-refractivity contribution in [3.8, 4) is 5.75 Å². The fourth-order valence-corrected chi connectivity index (χ4v) is 2.29. The van der Waals surface area contributed by atoms with Crippen LogP contribution in [-0.4, -0.2) is 11.9 Å². The number of hydrogen-bond donors (Lipinski definition) is 1. The molecule has 0 atom stereocenters. The van der Waals surface area contributed by atoms with Gasteiger partial charge < -0.3 is 10.1 Å². The summed E-state index contributed by atoms with van der Waals surface area (Å²) in [5, 5.41) is 2.72. The number of rotatable bonds is 4. The summed E-state index contributed by atoms with van der Waals surface area (Å²) >= 11 is 2.18. The molecule has 0 saturated carbocycles. The molecule has 2 aromatic carbocycles. The van der Waals surface area contributed by atoms with Crippen LogP contribution in [0, 0.1) is 10.5 Å². The number of para-hydroxylation sites is 2. The normalized spacial score (nSPS) is 10.1. The minimum absolute atomic E-state index is 0.131. The SMILES string of the molecule is CCC(=O)Nc1ccccc1OC(=O)c1ccc(C)c(I)c1. The van der Waals surface area contributed by atoms with Gasteiger partial charge in [0.15, 0.2) is 5.75 Å². The van der Waals surface area contributed by atoms with E-state index in [1.165, 1.54) is 0 Å². The maximum absolute atomic E-state index is 12.2. The molecule has 0 heterocycles. The van der Waals surface area contributed by atoms with E-state index in [0.717, 1.165) is 9.13 Å². The largest absolute Gasteiger partial charge is 0.421 e. The van der Waals surface area contributed by atoms with Crippen LogP contribution in [0.5, 0.6) is 5.75 Å². The van der Waals surface area contributed by atoms with Gasteiger partial charge in [-0.1, -0.05) is 25.1 Å². The van der Waals surface area contributed by atoms with E-state index in [1.807, 2.05) is 13.0 Å². The van der Waals surface area contributed by atoms with E-state index in [-0.39, 0.29) is 5.91 Å². The van der Waals surface area contributed by atoms with Gasteiger partial charge in [0.2, 0.25) is 5.91 Å². The Hall–Kier alpha value is -1.89. The van der Waals surface area contributed by atoms with Gasteiger partial charge in [-0.25, -0.2) is 4.79 Å². The van der Waals surface area contributed by atoms with E-state index in [2.05, 4.69) is 27.9 Å². The molecule has 0 radical (unpaired) electrons. The highest BCUT2D eigenvalue weighted by molar-refractivity contribution is 14.1. The molecule has 5 heteroatoms. The number of benzene rings is 2. The first-order valence-electron chi connectivity index (χ1n) is 6.88. The van der Waals surface area contributed by atoms with Gasteiger partial charge in [-0.05, 0) is 59.3 Å². The molecule has 0 bridgehead atoms. The van der Waals surface area contributed by atoms with Crippen molar-refractivity contribution in [2.75, 3.05) is 5.32 Å². The standard InChI is InChI=1S/C17H16INO3/c1-3-16(20)19-14-6-4-5-7-15(14)22-17(21)12-9-8-11(2)13(18)10-12/h4-10H,3H2,1-2H3,(H,19,20). The second kappa shape index (κ2) is 7.40.